The molecule has 0 saturated carbocycles. The van der Waals surface area contributed by atoms with E-state index in [-0.39, 0.29) is 5.78 Å². The monoisotopic (exact) mass is 436 g/mol. The molecular weight excluding hydrogens is 416 g/mol. The summed E-state index contributed by atoms with van der Waals surface area (Å²) in [7, 11) is 0. The molecule has 6 atom stereocenters. The molecule has 1 saturated heterocycles. The van der Waals surface area contributed by atoms with Gasteiger partial charge in [-0.25, -0.2) is 4.79 Å². The van der Waals surface area contributed by atoms with Crippen molar-refractivity contribution in [2.75, 3.05) is 0 Å². The molecule has 2 heterocycles. The zero-order chi connectivity index (χ0) is 22.0. The van der Waals surface area contributed by atoms with Crippen LogP contribution in [0.1, 0.15) is 33.6 Å². The second-order valence-electron chi connectivity index (χ2n) is 6.82. The van der Waals surface area contributed by atoms with Crippen LogP contribution in [0.15, 0.2) is 41.8 Å². The first kappa shape index (κ1) is 22.1. The van der Waals surface area contributed by atoms with Crippen molar-refractivity contribution in [2.45, 2.75) is 43.5 Å². The topological polar surface area (TPSA) is 151 Å². The molecule has 10 heteroatoms. The third-order valence-electron chi connectivity index (χ3n) is 4.82. The third-order valence-corrected chi connectivity index (χ3v) is 5.69. The van der Waals surface area contributed by atoms with Crippen LogP contribution >= 0.6 is 11.3 Å². The summed E-state index contributed by atoms with van der Waals surface area (Å²) in [4.78, 5) is 36.5. The number of aliphatic carboxylic acids is 1. The lowest BCUT2D eigenvalue weighted by molar-refractivity contribution is -0.286. The van der Waals surface area contributed by atoms with Gasteiger partial charge in [0, 0.05) is 5.56 Å². The molecule has 1 aliphatic rings. The number of aliphatic hydroxyl groups excluding tert-OH is 3. The minimum Gasteiger partial charge on any atom is -0.479 e. The van der Waals surface area contributed by atoms with Crippen molar-refractivity contribution < 1.29 is 44.3 Å². The Kier molecular flexibility index (Phi) is 6.64. The molecule has 1 fully saturated rings. The molecule has 160 valence electrons. The number of thiophene rings is 1. The summed E-state index contributed by atoms with van der Waals surface area (Å²) in [5.41, 5.74) is 0.970. The largest absolute Gasteiger partial charge is 0.479 e. The van der Waals surface area contributed by atoms with Gasteiger partial charge in [0.2, 0.25) is 12.1 Å². The Morgan fingerprint density at radius 1 is 1.03 bits per heavy atom. The summed E-state index contributed by atoms with van der Waals surface area (Å²) >= 11 is 1.32. The van der Waals surface area contributed by atoms with Crippen molar-refractivity contribution >= 4 is 29.1 Å². The predicted molar refractivity (Wildman–Crippen MR) is 103 cm³/mol. The summed E-state index contributed by atoms with van der Waals surface area (Å²) < 4.78 is 9.99. The fourth-order valence-corrected chi connectivity index (χ4v) is 3.66. The average Bonchev–Trinajstić information content (AvgIpc) is 3.27. The lowest BCUT2D eigenvalue weighted by atomic mass is 9.97. The van der Waals surface area contributed by atoms with Crippen molar-refractivity contribution in [1.82, 2.24) is 0 Å². The zero-order valence-corrected chi connectivity index (χ0v) is 16.6. The van der Waals surface area contributed by atoms with Crippen LogP contribution < -0.4 is 0 Å². The fourth-order valence-electron chi connectivity index (χ4n) is 2.98. The molecule has 4 N–H and O–H groups in total. The highest BCUT2D eigenvalue weighted by Crippen LogP contribution is 2.26. The molecule has 0 aliphatic carbocycles. The van der Waals surface area contributed by atoms with Gasteiger partial charge in [-0.05, 0) is 23.9 Å². The van der Waals surface area contributed by atoms with Gasteiger partial charge in [0.05, 0.1) is 10.8 Å². The number of carbonyl (C=O) groups excluding carboxylic acids is 2. The Morgan fingerprint density at radius 2 is 1.70 bits per heavy atom. The van der Waals surface area contributed by atoms with Gasteiger partial charge in [0.1, 0.15) is 18.3 Å². The van der Waals surface area contributed by atoms with Gasteiger partial charge in [-0.1, -0.05) is 30.3 Å². The van der Waals surface area contributed by atoms with Gasteiger partial charge >= 0.3 is 11.9 Å². The second kappa shape index (κ2) is 9.02. The van der Waals surface area contributed by atoms with Crippen LogP contribution in [0.2, 0.25) is 0 Å². The van der Waals surface area contributed by atoms with Gasteiger partial charge in [-0.15, -0.1) is 11.3 Å². The van der Waals surface area contributed by atoms with Crippen molar-refractivity contribution in [3.05, 3.63) is 57.8 Å². The fraction of sp³-hybridized carbons (Fsp3) is 0.350. The first-order valence-electron chi connectivity index (χ1n) is 9.02. The number of esters is 1. The molecule has 2 unspecified atom stereocenters. The lowest BCUT2D eigenvalue weighted by Crippen LogP contribution is -2.60. The van der Waals surface area contributed by atoms with E-state index in [1.165, 1.54) is 18.3 Å². The second-order valence-corrected chi connectivity index (χ2v) is 7.77. The number of carbonyl (C=O) groups is 3. The number of ether oxygens (including phenoxy) is 2. The minimum atomic E-state index is -1.88. The van der Waals surface area contributed by atoms with E-state index in [1.54, 1.807) is 41.8 Å². The minimum absolute atomic E-state index is 0.141. The molecule has 0 amide bonds. The van der Waals surface area contributed by atoms with Crippen LogP contribution in [-0.2, 0) is 19.1 Å². The lowest BCUT2D eigenvalue weighted by Gasteiger charge is -2.38. The standard InChI is InChI=1S/C20H20O9S/c1-9(10-4-6-11(7-5-10)13(21)12-3-2-8-30-12)19(27)29-20-16(24)14(22)15(23)17(28-20)18(25)26/h2-9,14-17,20,22-24H,1H3,(H,25,26)/t9?,14-,15-,16+,17-,20?/m0/s1. The summed E-state index contributed by atoms with van der Waals surface area (Å²) in [6.07, 6.45) is -9.19. The van der Waals surface area contributed by atoms with E-state index in [0.717, 1.165) is 0 Å². The van der Waals surface area contributed by atoms with E-state index in [1.807, 2.05) is 0 Å². The van der Waals surface area contributed by atoms with Gasteiger partial charge in [0.15, 0.2) is 6.10 Å². The van der Waals surface area contributed by atoms with Crippen LogP contribution in [-0.4, -0.2) is 68.9 Å². The summed E-state index contributed by atoms with van der Waals surface area (Å²) in [5.74, 6) is -3.39. The van der Waals surface area contributed by atoms with E-state index in [9.17, 15) is 29.7 Å². The zero-order valence-electron chi connectivity index (χ0n) is 15.7. The molecule has 1 aliphatic heterocycles. The maximum Gasteiger partial charge on any atom is 0.335 e. The maximum atomic E-state index is 12.5. The highest BCUT2D eigenvalue weighted by molar-refractivity contribution is 7.12. The Bertz CT molecular complexity index is 909. The van der Waals surface area contributed by atoms with Gasteiger partial charge in [-0.3, -0.25) is 9.59 Å². The molecule has 1 aromatic carbocycles. The summed E-state index contributed by atoms with van der Waals surface area (Å²) in [5, 5.41) is 40.3. The SMILES string of the molecule is CC(C(=O)OC1O[C@H](C(=O)O)[C@@H](O)[C@H](O)[C@H]1O)c1ccc(C(=O)c2cccs2)cc1. The van der Waals surface area contributed by atoms with Crippen LogP contribution in [0.5, 0.6) is 0 Å². The molecule has 1 aromatic heterocycles. The summed E-state index contributed by atoms with van der Waals surface area (Å²) in [6, 6.07) is 9.82. The molecule has 0 bridgehead atoms. The number of benzene rings is 1. The van der Waals surface area contributed by atoms with Gasteiger partial charge < -0.3 is 29.9 Å². The predicted octanol–water partition coefficient (Wildman–Crippen LogP) is 0.518. The van der Waals surface area contributed by atoms with Crippen molar-refractivity contribution in [2.24, 2.45) is 0 Å². The molecule has 3 rings (SSSR count). The normalized spacial score (nSPS) is 27.3. The maximum absolute atomic E-state index is 12.5. The molecule has 9 nitrogen and oxygen atoms in total. The Labute approximate surface area is 175 Å². The molecule has 0 radical (unpaired) electrons. The van der Waals surface area contributed by atoms with E-state index in [4.69, 9.17) is 14.6 Å². The van der Waals surface area contributed by atoms with E-state index in [2.05, 4.69) is 0 Å². The number of ketones is 1. The highest BCUT2D eigenvalue weighted by Gasteiger charge is 2.48. The van der Waals surface area contributed by atoms with Crippen LogP contribution in [0, 0.1) is 0 Å². The van der Waals surface area contributed by atoms with Crippen LogP contribution in [0.4, 0.5) is 0 Å². The van der Waals surface area contributed by atoms with Crippen LogP contribution in [0.25, 0.3) is 0 Å². The molecule has 30 heavy (non-hydrogen) atoms. The van der Waals surface area contributed by atoms with Crippen molar-refractivity contribution in [3.63, 3.8) is 0 Å². The smallest absolute Gasteiger partial charge is 0.335 e. The quantitative estimate of drug-likeness (QED) is 0.375. The van der Waals surface area contributed by atoms with Crippen molar-refractivity contribution in [3.8, 4) is 0 Å². The highest BCUT2D eigenvalue weighted by atomic mass is 32.1. The summed E-state index contributed by atoms with van der Waals surface area (Å²) in [6.45, 7) is 1.52. The Morgan fingerprint density at radius 3 is 2.27 bits per heavy atom. The molecular formula is C20H20O9S. The Hall–Kier alpha value is -2.63. The van der Waals surface area contributed by atoms with Crippen molar-refractivity contribution in [1.29, 1.82) is 0 Å². The van der Waals surface area contributed by atoms with Gasteiger partial charge in [0.25, 0.3) is 0 Å². The molecule has 0 spiro atoms. The third kappa shape index (κ3) is 4.42. The van der Waals surface area contributed by atoms with E-state index in [0.29, 0.717) is 16.0 Å². The molecule has 2 aromatic rings. The number of carboxylic acids is 1. The first-order valence-corrected chi connectivity index (χ1v) is 9.89. The first-order chi connectivity index (χ1) is 14.2. The van der Waals surface area contributed by atoms with Gasteiger partial charge in [-0.2, -0.15) is 0 Å². The number of aliphatic hydroxyl groups is 3. The van der Waals surface area contributed by atoms with E-state index < -0.39 is 48.6 Å². The number of carboxylic acid groups (broad SMARTS) is 1. The van der Waals surface area contributed by atoms with E-state index >= 15 is 0 Å². The number of hydrogen-bond donors (Lipinski definition) is 4. The number of rotatable bonds is 6. The average molecular weight is 436 g/mol. The van der Waals surface area contributed by atoms with Crippen LogP contribution in [0.3, 0.4) is 0 Å². The Balaban J connectivity index is 1.68. The number of hydrogen-bond acceptors (Lipinski definition) is 9.